The molecule has 0 radical (unpaired) electrons. The topological polar surface area (TPSA) is 41.6 Å². The fourth-order valence-electron chi connectivity index (χ4n) is 1.46. The molecule has 115 valence electrons. The Morgan fingerprint density at radius 3 is 1.85 bits per heavy atom. The van der Waals surface area contributed by atoms with Gasteiger partial charge in [-0.15, -0.1) is 5.10 Å². The Morgan fingerprint density at radius 1 is 1.10 bits per heavy atom. The SMILES string of the molecule is Brc1cnn[nH]1.CC(C)c1cccc(C(C)C)c1.[CH2]=[Cu]. The van der Waals surface area contributed by atoms with E-state index in [0.29, 0.717) is 11.8 Å². The van der Waals surface area contributed by atoms with E-state index in [2.05, 4.69) is 104 Å². The predicted molar refractivity (Wildman–Crippen MR) is 85.8 cm³/mol. The first-order valence-corrected chi connectivity index (χ1v) is 7.79. The van der Waals surface area contributed by atoms with E-state index in [-0.39, 0.29) is 0 Å². The van der Waals surface area contributed by atoms with E-state index in [4.69, 9.17) is 0 Å². The molecule has 0 amide bonds. The molecule has 1 N–H and O–H groups in total. The molecular formula is C15H22BrCuN3. The Morgan fingerprint density at radius 2 is 1.60 bits per heavy atom. The summed E-state index contributed by atoms with van der Waals surface area (Å²) in [4.78, 5) is 0. The van der Waals surface area contributed by atoms with Gasteiger partial charge in [0.2, 0.25) is 0 Å². The van der Waals surface area contributed by atoms with Gasteiger partial charge in [-0.2, -0.15) is 0 Å². The van der Waals surface area contributed by atoms with Crippen LogP contribution in [-0.2, 0) is 15.6 Å². The van der Waals surface area contributed by atoms with E-state index in [1.165, 1.54) is 11.1 Å². The quantitative estimate of drug-likeness (QED) is 0.773. The van der Waals surface area contributed by atoms with Gasteiger partial charge in [0.05, 0.1) is 6.20 Å². The maximum absolute atomic E-state index is 3.94. The summed E-state index contributed by atoms with van der Waals surface area (Å²) in [7, 11) is 0. The number of halogens is 1. The number of aromatic amines is 1. The average molecular weight is 388 g/mol. The van der Waals surface area contributed by atoms with Crippen molar-refractivity contribution in [2.75, 3.05) is 0 Å². The monoisotopic (exact) mass is 386 g/mol. The first-order chi connectivity index (χ1) is 9.50. The van der Waals surface area contributed by atoms with Gasteiger partial charge in [0, 0.05) is 0 Å². The number of hydrogen-bond acceptors (Lipinski definition) is 2. The molecule has 1 aromatic carbocycles. The molecule has 1 aromatic heterocycles. The Kier molecular flexibility index (Phi) is 10.5. The Bertz CT molecular complexity index is 446. The van der Waals surface area contributed by atoms with Gasteiger partial charge in [0.1, 0.15) is 4.60 Å². The van der Waals surface area contributed by atoms with Crippen LogP contribution in [0.3, 0.4) is 0 Å². The molecule has 0 unspecified atom stereocenters. The van der Waals surface area contributed by atoms with Crippen molar-refractivity contribution in [2.45, 2.75) is 39.5 Å². The van der Waals surface area contributed by atoms with Gasteiger partial charge >= 0.3 is 21.0 Å². The molecule has 0 bridgehead atoms. The van der Waals surface area contributed by atoms with Crippen LogP contribution in [0.4, 0.5) is 0 Å². The number of nitrogens with one attached hydrogen (secondary N) is 1. The number of benzene rings is 1. The summed E-state index contributed by atoms with van der Waals surface area (Å²) < 4.78 is 0.808. The number of nitrogens with zero attached hydrogens (tertiary/aromatic N) is 2. The molecule has 1 heterocycles. The average Bonchev–Trinajstić information content (AvgIpc) is 2.93. The summed E-state index contributed by atoms with van der Waals surface area (Å²) in [5.41, 5.74) is 5.70. The van der Waals surface area contributed by atoms with Gasteiger partial charge in [-0.25, -0.2) is 0 Å². The van der Waals surface area contributed by atoms with Crippen molar-refractivity contribution in [2.24, 2.45) is 0 Å². The van der Waals surface area contributed by atoms with Crippen molar-refractivity contribution in [1.29, 1.82) is 0 Å². The van der Waals surface area contributed by atoms with E-state index in [9.17, 15) is 0 Å². The number of aromatic nitrogens is 3. The Labute approximate surface area is 138 Å². The van der Waals surface area contributed by atoms with Crippen molar-refractivity contribution < 1.29 is 15.6 Å². The molecule has 20 heavy (non-hydrogen) atoms. The molecule has 0 aliphatic heterocycles. The molecule has 5 heteroatoms. The van der Waals surface area contributed by atoms with Crippen LogP contribution in [0.2, 0.25) is 0 Å². The summed E-state index contributed by atoms with van der Waals surface area (Å²) in [6.07, 6.45) is 1.58. The summed E-state index contributed by atoms with van der Waals surface area (Å²) >= 11 is 7.04. The third kappa shape index (κ3) is 7.73. The normalized spacial score (nSPS) is 9.65. The summed E-state index contributed by atoms with van der Waals surface area (Å²) in [6.45, 7) is 8.94. The van der Waals surface area contributed by atoms with E-state index < -0.39 is 0 Å². The second-order valence-electron chi connectivity index (χ2n) is 4.78. The van der Waals surface area contributed by atoms with Crippen molar-refractivity contribution in [3.8, 4) is 0 Å². The fraction of sp³-hybridized carbons (Fsp3) is 0.400. The zero-order valence-electron chi connectivity index (χ0n) is 12.3. The van der Waals surface area contributed by atoms with Gasteiger partial charge in [-0.05, 0) is 38.9 Å². The van der Waals surface area contributed by atoms with E-state index in [1.807, 2.05) is 0 Å². The zero-order valence-corrected chi connectivity index (χ0v) is 14.9. The summed E-state index contributed by atoms with van der Waals surface area (Å²) in [6, 6.07) is 8.88. The molecule has 0 spiro atoms. The molecule has 2 rings (SSSR count). The minimum absolute atomic E-state index is 0.642. The molecular weight excluding hydrogens is 366 g/mol. The van der Waals surface area contributed by atoms with Crippen LogP contribution in [0.25, 0.3) is 0 Å². The van der Waals surface area contributed by atoms with Crippen molar-refractivity contribution in [3.63, 3.8) is 0 Å². The summed E-state index contributed by atoms with van der Waals surface area (Å²) in [5.74, 6) is 1.28. The van der Waals surface area contributed by atoms with Gasteiger partial charge < -0.3 is 0 Å². The predicted octanol–water partition coefficient (Wildman–Crippen LogP) is 4.47. The van der Waals surface area contributed by atoms with Crippen LogP contribution in [0.5, 0.6) is 0 Å². The molecule has 2 aromatic rings. The zero-order chi connectivity index (χ0) is 15.5. The summed E-state index contributed by atoms with van der Waals surface area (Å²) in [5, 5.41) is 9.42. The maximum atomic E-state index is 3.94. The van der Waals surface area contributed by atoms with Crippen LogP contribution in [-0.4, -0.2) is 20.8 Å². The third-order valence-corrected chi connectivity index (χ3v) is 3.01. The third-order valence-electron chi connectivity index (χ3n) is 2.63. The number of hydrogen-bond donors (Lipinski definition) is 1. The second-order valence-corrected chi connectivity index (χ2v) is 5.64. The van der Waals surface area contributed by atoms with Gasteiger partial charge in [-0.3, -0.25) is 5.10 Å². The van der Waals surface area contributed by atoms with Crippen LogP contribution in [0, 0.1) is 0 Å². The molecule has 0 aliphatic rings. The number of rotatable bonds is 2. The molecule has 0 saturated carbocycles. The van der Waals surface area contributed by atoms with E-state index >= 15 is 0 Å². The van der Waals surface area contributed by atoms with Crippen LogP contribution in [0.15, 0.2) is 35.1 Å². The Balaban J connectivity index is 0.000000377. The van der Waals surface area contributed by atoms with E-state index in [0.717, 1.165) is 4.60 Å². The standard InChI is InChI=1S/C12H18.C2H2BrN3.CH2.Cu/c1-9(2)11-6-5-7-12(8-11)10(3)4;3-2-1-4-6-5-2;;/h5-10H,1-4H3;1H,(H,4,5,6);1H2;. The van der Waals surface area contributed by atoms with Crippen molar-refractivity contribution in [3.05, 3.63) is 46.2 Å². The van der Waals surface area contributed by atoms with Gasteiger partial charge in [-0.1, -0.05) is 57.2 Å². The fourth-order valence-corrected chi connectivity index (χ4v) is 1.63. The van der Waals surface area contributed by atoms with E-state index in [1.54, 1.807) is 6.20 Å². The minimum atomic E-state index is 0.642. The first-order valence-electron chi connectivity index (χ1n) is 6.33. The first kappa shape index (κ1) is 19.2. The van der Waals surface area contributed by atoms with Crippen molar-refractivity contribution >= 4 is 21.4 Å². The van der Waals surface area contributed by atoms with Crippen LogP contribution < -0.4 is 0 Å². The molecule has 0 atom stereocenters. The Hall–Kier alpha value is -0.771. The second kappa shape index (κ2) is 11.0. The van der Waals surface area contributed by atoms with Crippen molar-refractivity contribution in [1.82, 2.24) is 15.4 Å². The van der Waals surface area contributed by atoms with Crippen LogP contribution >= 0.6 is 15.9 Å². The molecule has 0 aliphatic carbocycles. The molecule has 0 fully saturated rings. The number of H-pyrrole nitrogens is 1. The molecule has 3 nitrogen and oxygen atoms in total. The van der Waals surface area contributed by atoms with Gasteiger partial charge in [0.25, 0.3) is 0 Å². The van der Waals surface area contributed by atoms with Crippen LogP contribution in [0.1, 0.15) is 50.7 Å². The van der Waals surface area contributed by atoms with Gasteiger partial charge in [0.15, 0.2) is 0 Å². The molecule has 0 saturated heterocycles.